The lowest BCUT2D eigenvalue weighted by Crippen LogP contribution is -2.30. The van der Waals surface area contributed by atoms with E-state index in [0.717, 1.165) is 109 Å². The number of esters is 4. The maximum atomic E-state index is 13.1. The quantitative estimate of drug-likeness (QED) is 0.0222. The Morgan fingerprint density at radius 2 is 0.465 bits per heavy atom. The molecule has 0 aliphatic carbocycles. The molecule has 588 valence electrons. The van der Waals surface area contributed by atoms with Gasteiger partial charge in [0.25, 0.3) is 0 Å². The molecule has 0 spiro atoms. The van der Waals surface area contributed by atoms with E-state index in [0.29, 0.717) is 25.7 Å². The van der Waals surface area contributed by atoms with Crippen molar-refractivity contribution in [2.75, 3.05) is 39.6 Å². The van der Waals surface area contributed by atoms with E-state index < -0.39 is 97.5 Å². The molecule has 0 aromatic rings. The number of aliphatic hydroxyl groups excluding tert-OH is 1. The van der Waals surface area contributed by atoms with Gasteiger partial charge in [0.1, 0.15) is 19.3 Å². The second-order valence-corrected chi connectivity index (χ2v) is 32.2. The summed E-state index contributed by atoms with van der Waals surface area (Å²) in [5, 5.41) is 10.6. The third-order valence-corrected chi connectivity index (χ3v) is 20.7. The molecule has 19 heteroatoms. The largest absolute Gasteiger partial charge is 0.472 e. The second-order valence-electron chi connectivity index (χ2n) is 29.3. The minimum Gasteiger partial charge on any atom is -0.462 e. The van der Waals surface area contributed by atoms with Crippen LogP contribution in [0.15, 0.2) is 0 Å². The Kier molecular flexibility index (Phi) is 71.6. The number of phosphoric ester groups is 2. The molecule has 17 nitrogen and oxygen atoms in total. The van der Waals surface area contributed by atoms with E-state index in [4.69, 9.17) is 37.0 Å². The van der Waals surface area contributed by atoms with Crippen LogP contribution in [-0.2, 0) is 65.4 Å². The summed E-state index contributed by atoms with van der Waals surface area (Å²) in [6.07, 6.45) is 64.0. The zero-order valence-electron chi connectivity index (χ0n) is 64.6. The fraction of sp³-hybridized carbons (Fsp3) is 0.950. The summed E-state index contributed by atoms with van der Waals surface area (Å²) in [4.78, 5) is 72.8. The molecular weight excluding hydrogens is 1290 g/mol. The summed E-state index contributed by atoms with van der Waals surface area (Å²) < 4.78 is 68.6. The first kappa shape index (κ1) is 97.1. The number of unbranched alkanes of at least 4 members (excludes halogenated alkanes) is 52. The van der Waals surface area contributed by atoms with E-state index >= 15 is 0 Å². The van der Waals surface area contributed by atoms with Crippen molar-refractivity contribution in [1.29, 1.82) is 0 Å². The molecule has 0 heterocycles. The molecule has 0 saturated heterocycles. The molecule has 0 rings (SSSR count). The summed E-state index contributed by atoms with van der Waals surface area (Å²) in [5.74, 6) is -1.32. The summed E-state index contributed by atoms with van der Waals surface area (Å²) in [6, 6.07) is 0. The van der Waals surface area contributed by atoms with E-state index in [2.05, 4.69) is 34.6 Å². The molecule has 0 bridgehead atoms. The van der Waals surface area contributed by atoms with Gasteiger partial charge in [-0.15, -0.1) is 0 Å². The van der Waals surface area contributed by atoms with Gasteiger partial charge < -0.3 is 33.8 Å². The van der Waals surface area contributed by atoms with Crippen molar-refractivity contribution in [3.05, 3.63) is 0 Å². The number of carbonyl (C=O) groups is 4. The number of aliphatic hydroxyl groups is 1. The topological polar surface area (TPSA) is 237 Å². The predicted octanol–water partition coefficient (Wildman–Crippen LogP) is 24.0. The normalized spacial score (nSPS) is 13.9. The van der Waals surface area contributed by atoms with Crippen LogP contribution in [0.25, 0.3) is 0 Å². The molecule has 0 amide bonds. The van der Waals surface area contributed by atoms with Crippen LogP contribution in [0.2, 0.25) is 0 Å². The zero-order chi connectivity index (χ0) is 72.7. The highest BCUT2D eigenvalue weighted by molar-refractivity contribution is 7.47. The van der Waals surface area contributed by atoms with Crippen LogP contribution in [0.3, 0.4) is 0 Å². The van der Waals surface area contributed by atoms with E-state index in [1.807, 2.05) is 0 Å². The Bertz CT molecular complexity index is 1890. The average Bonchev–Trinajstić information content (AvgIpc) is 1.25. The van der Waals surface area contributed by atoms with Gasteiger partial charge in [-0.25, -0.2) is 9.13 Å². The Hall–Kier alpha value is -1.94. The molecule has 5 atom stereocenters. The van der Waals surface area contributed by atoms with Gasteiger partial charge >= 0.3 is 39.5 Å². The number of hydrogen-bond donors (Lipinski definition) is 3. The van der Waals surface area contributed by atoms with Gasteiger partial charge in [0.05, 0.1) is 26.4 Å². The summed E-state index contributed by atoms with van der Waals surface area (Å²) >= 11 is 0. The van der Waals surface area contributed by atoms with Gasteiger partial charge in [-0.1, -0.05) is 375 Å². The second kappa shape index (κ2) is 73.0. The Morgan fingerprint density at radius 3 is 0.687 bits per heavy atom. The number of phosphoric acid groups is 2. The Balaban J connectivity index is 5.17. The van der Waals surface area contributed by atoms with E-state index in [1.54, 1.807) is 0 Å². The Labute approximate surface area is 607 Å². The van der Waals surface area contributed by atoms with Crippen LogP contribution >= 0.6 is 15.6 Å². The molecule has 99 heavy (non-hydrogen) atoms. The van der Waals surface area contributed by atoms with Crippen molar-refractivity contribution in [3.63, 3.8) is 0 Å². The highest BCUT2D eigenvalue weighted by atomic mass is 31.2. The lowest BCUT2D eigenvalue weighted by molar-refractivity contribution is -0.161. The minimum absolute atomic E-state index is 0.108. The summed E-state index contributed by atoms with van der Waals surface area (Å²) in [6.45, 7) is 7.30. The van der Waals surface area contributed by atoms with Gasteiger partial charge in [0.2, 0.25) is 0 Å². The first-order chi connectivity index (χ1) is 48.0. The van der Waals surface area contributed by atoms with Crippen molar-refractivity contribution >= 4 is 39.5 Å². The molecule has 0 aromatic carbocycles. The molecule has 3 N–H and O–H groups in total. The van der Waals surface area contributed by atoms with Crippen LogP contribution in [0.5, 0.6) is 0 Å². The van der Waals surface area contributed by atoms with E-state index in [9.17, 15) is 43.2 Å². The molecule has 0 aliphatic heterocycles. The van der Waals surface area contributed by atoms with Crippen LogP contribution < -0.4 is 0 Å². The van der Waals surface area contributed by atoms with Crippen molar-refractivity contribution in [1.82, 2.24) is 0 Å². The van der Waals surface area contributed by atoms with Crippen molar-refractivity contribution in [3.8, 4) is 0 Å². The van der Waals surface area contributed by atoms with Crippen LogP contribution in [0.4, 0.5) is 0 Å². The minimum atomic E-state index is -4.96. The van der Waals surface area contributed by atoms with Crippen molar-refractivity contribution in [2.24, 2.45) is 5.92 Å². The SMILES string of the molecule is CCCCCCCCCCCCCCCCCCCCCCC(=O)O[C@H](COC(=O)CCCCCCCCCCCCCCCC(C)C)COP(=O)(O)OC[C@@H](O)COP(=O)(O)OC[C@@H](COC(=O)CCCCCCCCC)OC(=O)CCCCCCCCCCCCCCCCCC. The smallest absolute Gasteiger partial charge is 0.462 e. The third-order valence-electron chi connectivity index (χ3n) is 18.8. The number of rotatable bonds is 80. The highest BCUT2D eigenvalue weighted by Crippen LogP contribution is 2.45. The number of carbonyl (C=O) groups excluding carboxylic acids is 4. The van der Waals surface area contributed by atoms with Crippen molar-refractivity contribution in [2.45, 2.75) is 445 Å². The molecule has 0 saturated carbocycles. The molecule has 0 radical (unpaired) electrons. The Morgan fingerprint density at radius 1 is 0.273 bits per heavy atom. The van der Waals surface area contributed by atoms with Crippen molar-refractivity contribution < 1.29 is 80.2 Å². The van der Waals surface area contributed by atoms with Gasteiger partial charge in [0, 0.05) is 25.7 Å². The fourth-order valence-corrected chi connectivity index (χ4v) is 14.0. The molecular formula is C80H156O17P2. The first-order valence-corrected chi connectivity index (χ1v) is 44.6. The fourth-order valence-electron chi connectivity index (χ4n) is 12.4. The maximum Gasteiger partial charge on any atom is 0.472 e. The van der Waals surface area contributed by atoms with Gasteiger partial charge in [0.15, 0.2) is 12.2 Å². The molecule has 0 aromatic heterocycles. The number of hydrogen-bond acceptors (Lipinski definition) is 15. The van der Waals surface area contributed by atoms with E-state index in [-0.39, 0.29) is 25.7 Å². The van der Waals surface area contributed by atoms with Crippen LogP contribution in [-0.4, -0.2) is 96.7 Å². The van der Waals surface area contributed by atoms with Gasteiger partial charge in [-0.3, -0.25) is 37.3 Å². The standard InChI is InChI=1S/C80H156O17P2/c1-6-9-12-15-18-20-22-24-26-28-29-30-31-33-37-42-46-51-56-61-66-80(85)97-76(70-91-78(83)64-59-54-49-44-40-38-34-35-39-43-48-52-57-62-73(4)5)72-95-99(88,89)93-68-74(81)67-92-98(86,87)94-71-75(69-90-77(82)63-58-53-47-17-14-11-8-3)96-79(84)65-60-55-50-45-41-36-32-27-25-23-21-19-16-13-10-7-2/h73-76,81H,6-72H2,1-5H3,(H,86,87)(H,88,89)/t74-,75+,76+/m0/s1. The molecule has 2 unspecified atom stereocenters. The van der Waals surface area contributed by atoms with Gasteiger partial charge in [-0.2, -0.15) is 0 Å². The molecule has 0 fully saturated rings. The lowest BCUT2D eigenvalue weighted by atomic mass is 10.0. The zero-order valence-corrected chi connectivity index (χ0v) is 66.4. The highest BCUT2D eigenvalue weighted by Gasteiger charge is 2.30. The van der Waals surface area contributed by atoms with Crippen LogP contribution in [0, 0.1) is 5.92 Å². The third kappa shape index (κ3) is 74.1. The average molecular weight is 1450 g/mol. The maximum absolute atomic E-state index is 13.1. The monoisotopic (exact) mass is 1450 g/mol. The van der Waals surface area contributed by atoms with Crippen LogP contribution in [0.1, 0.15) is 426 Å². The summed E-state index contributed by atoms with van der Waals surface area (Å²) in [7, 11) is -9.91. The lowest BCUT2D eigenvalue weighted by Gasteiger charge is -2.21. The summed E-state index contributed by atoms with van der Waals surface area (Å²) in [5.41, 5.74) is 0. The molecule has 0 aliphatic rings. The predicted molar refractivity (Wildman–Crippen MR) is 405 cm³/mol. The first-order valence-electron chi connectivity index (χ1n) is 41.6. The van der Waals surface area contributed by atoms with Gasteiger partial charge in [-0.05, 0) is 31.6 Å². The number of ether oxygens (including phenoxy) is 4. The van der Waals surface area contributed by atoms with E-state index in [1.165, 1.54) is 238 Å².